The van der Waals surface area contributed by atoms with Gasteiger partial charge in [-0.05, 0) is 37.6 Å². The van der Waals surface area contributed by atoms with E-state index in [4.69, 9.17) is 21.1 Å². The van der Waals surface area contributed by atoms with Crippen LogP contribution in [0.15, 0.2) is 29.0 Å². The Morgan fingerprint density at radius 2 is 1.31 bits per heavy atom. The molecule has 0 spiro atoms. The molecule has 19 heteroatoms. The van der Waals surface area contributed by atoms with Crippen molar-refractivity contribution in [2.45, 2.75) is 47.3 Å². The van der Waals surface area contributed by atoms with Crippen molar-refractivity contribution in [3.63, 3.8) is 0 Å². The van der Waals surface area contributed by atoms with Gasteiger partial charge in [-0.25, -0.2) is 24.7 Å². The van der Waals surface area contributed by atoms with Crippen LogP contribution >= 0.6 is 56.9 Å². The van der Waals surface area contributed by atoms with Crippen LogP contribution in [-0.4, -0.2) is 54.7 Å². The van der Waals surface area contributed by atoms with E-state index in [1.807, 2.05) is 13.8 Å². The van der Waals surface area contributed by atoms with Gasteiger partial charge in [-0.1, -0.05) is 22.7 Å². The Labute approximate surface area is 299 Å². The van der Waals surface area contributed by atoms with Crippen LogP contribution in [0.4, 0.5) is 16.0 Å². The Hall–Kier alpha value is -4.62. The van der Waals surface area contributed by atoms with Crippen molar-refractivity contribution in [3.8, 4) is 26.9 Å². The molecule has 0 aliphatic carbocycles. The van der Waals surface area contributed by atoms with Gasteiger partial charge in [-0.15, -0.1) is 22.7 Å². The number of aromatic nitrogens is 4. The number of esters is 1. The average Bonchev–Trinajstić information content (AvgIpc) is 3.79. The van der Waals surface area contributed by atoms with E-state index in [0.717, 1.165) is 15.4 Å². The first-order valence-corrected chi connectivity index (χ1v) is 17.8. The van der Waals surface area contributed by atoms with Gasteiger partial charge in [0.1, 0.15) is 11.3 Å². The first kappa shape index (κ1) is 35.7. The molecule has 0 unspecified atom stereocenters. The van der Waals surface area contributed by atoms with E-state index in [1.165, 1.54) is 59.2 Å². The molecule has 0 saturated carbocycles. The molecule has 0 bridgehead atoms. The van der Waals surface area contributed by atoms with Crippen LogP contribution in [0, 0.1) is 13.8 Å². The molecule has 0 atom stereocenters. The maximum atomic E-state index is 12.7. The number of hydrogen-bond acceptors (Lipinski definition) is 15. The number of nitrogens with one attached hydrogen (secondary N) is 3. The number of fused-ring (bicyclic) bond motifs is 1. The Kier molecular flexibility index (Phi) is 10.5. The van der Waals surface area contributed by atoms with Gasteiger partial charge in [0.25, 0.3) is 11.1 Å². The zero-order valence-corrected chi connectivity index (χ0v) is 30.6. The lowest BCUT2D eigenvalue weighted by molar-refractivity contribution is -0.127. The summed E-state index contributed by atoms with van der Waals surface area (Å²) in [7, 11) is 0. The molecule has 254 valence electrons. The quantitative estimate of drug-likeness (QED) is 0.115. The van der Waals surface area contributed by atoms with E-state index in [-0.39, 0.29) is 21.8 Å². The molecule has 3 amide bonds. The predicted molar refractivity (Wildman–Crippen MR) is 189 cm³/mol. The molecule has 5 aromatic rings. The van der Waals surface area contributed by atoms with Gasteiger partial charge in [-0.2, -0.15) is 0 Å². The number of hydrogen-bond donors (Lipinski definition) is 3. The summed E-state index contributed by atoms with van der Waals surface area (Å²) in [6.07, 6.45) is 0. The van der Waals surface area contributed by atoms with Crippen LogP contribution in [0.1, 0.15) is 69.0 Å². The summed E-state index contributed by atoms with van der Waals surface area (Å²) in [5.41, 5.74) is 3.49. The molecular weight excluding hydrogens is 734 g/mol. The highest BCUT2D eigenvalue weighted by Gasteiger charge is 2.34. The van der Waals surface area contributed by atoms with Gasteiger partial charge in [-0.3, -0.25) is 19.2 Å². The summed E-state index contributed by atoms with van der Waals surface area (Å²) in [6, 6.07) is 4.72. The SMILES string of the molecule is CC(=O)Nc1nc(C)c(-c2csc(C(=O)Cl)n2)s1.CC(=O)Nc1nc(C)c(-c2csc(C(=O)Nc3ccc4c(c3)OC(C)(C)OC4=O)n2)s1. The number of aryl methyl sites for hydroxylation is 2. The molecule has 5 heterocycles. The van der Waals surface area contributed by atoms with Crippen molar-refractivity contribution in [2.75, 3.05) is 16.0 Å². The third kappa shape index (κ3) is 8.70. The van der Waals surface area contributed by atoms with E-state index in [9.17, 15) is 24.0 Å². The Morgan fingerprint density at radius 3 is 1.82 bits per heavy atom. The van der Waals surface area contributed by atoms with Crippen molar-refractivity contribution in [1.29, 1.82) is 0 Å². The largest absolute Gasteiger partial charge is 0.452 e. The summed E-state index contributed by atoms with van der Waals surface area (Å²) in [5.74, 6) is -2.00. The van der Waals surface area contributed by atoms with Crippen molar-refractivity contribution >= 4 is 102 Å². The lowest BCUT2D eigenvalue weighted by atomic mass is 10.1. The van der Waals surface area contributed by atoms with E-state index in [0.29, 0.717) is 44.3 Å². The molecule has 4 aromatic heterocycles. The Bertz CT molecular complexity index is 2120. The van der Waals surface area contributed by atoms with Crippen molar-refractivity contribution in [1.82, 2.24) is 19.9 Å². The molecule has 0 radical (unpaired) electrons. The summed E-state index contributed by atoms with van der Waals surface area (Å²) in [4.78, 5) is 76.6. The van der Waals surface area contributed by atoms with Crippen LogP contribution in [0.5, 0.6) is 5.75 Å². The number of rotatable bonds is 7. The number of ether oxygens (including phenoxy) is 2. The smallest absolute Gasteiger partial charge is 0.345 e. The number of anilines is 3. The zero-order chi connectivity index (χ0) is 35.6. The van der Waals surface area contributed by atoms with Crippen LogP contribution in [0.25, 0.3) is 21.1 Å². The van der Waals surface area contributed by atoms with Gasteiger partial charge in [0, 0.05) is 50.2 Å². The standard InChI is InChI=1S/C20H18N4O5S2.C10H8ClN3O2S2/c1-9-15(31-19(21-9)22-10(2)25)13-8-30-17(24-13)16(26)23-11-5-6-12-14(7-11)28-20(3,4)29-18(12)27;1-4-7(18-10(12-4)13-5(2)15)6-3-17-9(14-6)8(11)16/h5-8H,1-4H3,(H,23,26)(H,21,22,25);3H,1-2H3,(H,12,13,15). The molecule has 0 saturated heterocycles. The number of nitrogens with zero attached hydrogens (tertiary/aromatic N) is 4. The van der Waals surface area contributed by atoms with Gasteiger partial charge in [0.2, 0.25) is 17.6 Å². The second-order valence-corrected chi connectivity index (χ2v) is 14.7. The van der Waals surface area contributed by atoms with E-state index >= 15 is 0 Å². The summed E-state index contributed by atoms with van der Waals surface area (Å²) in [6.45, 7) is 9.74. The normalized spacial score (nSPS) is 12.8. The minimum absolute atomic E-state index is 0.176. The third-order valence-electron chi connectivity index (χ3n) is 6.15. The fourth-order valence-corrected chi connectivity index (χ4v) is 7.84. The van der Waals surface area contributed by atoms with Gasteiger partial charge >= 0.3 is 5.97 Å². The summed E-state index contributed by atoms with van der Waals surface area (Å²) in [5, 5.41) is 12.5. The van der Waals surface area contributed by atoms with Crippen molar-refractivity contribution in [2.24, 2.45) is 0 Å². The van der Waals surface area contributed by atoms with Crippen molar-refractivity contribution < 1.29 is 33.4 Å². The molecule has 14 nitrogen and oxygen atoms in total. The monoisotopic (exact) mass is 759 g/mol. The molecule has 1 aromatic carbocycles. The zero-order valence-electron chi connectivity index (χ0n) is 26.5. The highest BCUT2D eigenvalue weighted by molar-refractivity contribution is 7.20. The number of carbonyl (C=O) groups is 5. The number of cyclic esters (lactones) is 1. The molecular formula is C30H26ClN7O7S4. The first-order chi connectivity index (χ1) is 23.1. The van der Waals surface area contributed by atoms with Crippen molar-refractivity contribution in [3.05, 3.63) is 55.9 Å². The predicted octanol–water partition coefficient (Wildman–Crippen LogP) is 6.98. The van der Waals surface area contributed by atoms with E-state index < -0.39 is 22.9 Å². The number of benzene rings is 1. The second-order valence-electron chi connectivity index (χ2n) is 10.6. The average molecular weight is 760 g/mol. The summed E-state index contributed by atoms with van der Waals surface area (Å²) >= 11 is 10.3. The van der Waals surface area contributed by atoms with Crippen LogP contribution in [0.3, 0.4) is 0 Å². The van der Waals surface area contributed by atoms with Gasteiger partial charge < -0.3 is 25.4 Å². The molecule has 49 heavy (non-hydrogen) atoms. The Morgan fingerprint density at radius 1 is 0.776 bits per heavy atom. The van der Waals surface area contributed by atoms with E-state index in [1.54, 1.807) is 42.8 Å². The number of thiazole rings is 4. The fourth-order valence-electron chi connectivity index (χ4n) is 4.23. The lowest BCUT2D eigenvalue weighted by Gasteiger charge is -2.31. The number of amides is 3. The molecule has 1 aliphatic heterocycles. The second kappa shape index (κ2) is 14.5. The maximum Gasteiger partial charge on any atom is 0.345 e. The molecule has 0 fully saturated rings. The molecule has 1 aliphatic rings. The lowest BCUT2D eigenvalue weighted by Crippen LogP contribution is -2.38. The fraction of sp³-hybridized carbons (Fsp3) is 0.233. The van der Waals surface area contributed by atoms with Gasteiger partial charge in [0.15, 0.2) is 20.3 Å². The van der Waals surface area contributed by atoms with Crippen LogP contribution in [0.2, 0.25) is 0 Å². The highest BCUT2D eigenvalue weighted by atomic mass is 35.5. The highest BCUT2D eigenvalue weighted by Crippen LogP contribution is 2.36. The van der Waals surface area contributed by atoms with Crippen LogP contribution in [-0.2, 0) is 14.3 Å². The summed E-state index contributed by atoms with van der Waals surface area (Å²) < 4.78 is 10.9. The maximum absolute atomic E-state index is 12.7. The minimum atomic E-state index is -1.08. The van der Waals surface area contributed by atoms with Gasteiger partial charge in [0.05, 0.1) is 32.5 Å². The third-order valence-corrected chi connectivity index (χ3v) is 10.3. The number of carbonyl (C=O) groups excluding carboxylic acids is 5. The number of halogens is 1. The topological polar surface area (TPSA) is 191 Å². The first-order valence-electron chi connectivity index (χ1n) is 14.1. The minimum Gasteiger partial charge on any atom is -0.452 e. The Balaban J connectivity index is 0.000000221. The molecule has 3 N–H and O–H groups in total. The molecule has 6 rings (SSSR count). The van der Waals surface area contributed by atoms with E-state index in [2.05, 4.69) is 35.9 Å². The van der Waals surface area contributed by atoms with Crippen LogP contribution < -0.4 is 20.7 Å².